The van der Waals surface area contributed by atoms with Crippen LogP contribution < -0.4 is 5.32 Å². The monoisotopic (exact) mass is 270 g/mol. The highest BCUT2D eigenvalue weighted by molar-refractivity contribution is 9.11. The Morgan fingerprint density at radius 2 is 2.47 bits per heavy atom. The molecule has 15 heavy (non-hydrogen) atoms. The Hall–Kier alpha value is -1.36. The van der Waals surface area contributed by atoms with E-state index < -0.39 is 5.97 Å². The highest BCUT2D eigenvalue weighted by Crippen LogP contribution is 2.13. The Morgan fingerprint density at radius 3 is 3.07 bits per heavy atom. The van der Waals surface area contributed by atoms with Gasteiger partial charge >= 0.3 is 5.97 Å². The standard InChI is InChI=1S/C10H11BrN2O2/c1-7(11)6-13-9-8(10(14)15-2)4-3-5-12-9/h3-5H,1,6H2,2H3,(H,12,13). The minimum Gasteiger partial charge on any atom is -0.465 e. The van der Waals surface area contributed by atoms with Gasteiger partial charge in [0.25, 0.3) is 0 Å². The van der Waals surface area contributed by atoms with Crippen LogP contribution in [-0.4, -0.2) is 24.6 Å². The van der Waals surface area contributed by atoms with Crippen LogP contribution in [0.1, 0.15) is 10.4 Å². The Balaban J connectivity index is 2.86. The summed E-state index contributed by atoms with van der Waals surface area (Å²) in [5.41, 5.74) is 0.411. The molecule has 4 nitrogen and oxygen atoms in total. The van der Waals surface area contributed by atoms with Gasteiger partial charge < -0.3 is 10.1 Å². The van der Waals surface area contributed by atoms with Crippen molar-refractivity contribution in [1.82, 2.24) is 4.98 Å². The summed E-state index contributed by atoms with van der Waals surface area (Å²) >= 11 is 3.21. The first-order valence-corrected chi connectivity index (χ1v) is 5.05. The lowest BCUT2D eigenvalue weighted by atomic mass is 10.2. The largest absolute Gasteiger partial charge is 0.465 e. The summed E-state index contributed by atoms with van der Waals surface area (Å²) < 4.78 is 5.41. The predicted octanol–water partition coefficient (Wildman–Crippen LogP) is 2.19. The first-order valence-electron chi connectivity index (χ1n) is 4.25. The minimum atomic E-state index is -0.411. The van der Waals surface area contributed by atoms with Crippen LogP contribution in [0.5, 0.6) is 0 Å². The van der Waals surface area contributed by atoms with Crippen LogP contribution in [0.2, 0.25) is 0 Å². The highest BCUT2D eigenvalue weighted by atomic mass is 79.9. The molecule has 0 amide bonds. The van der Waals surface area contributed by atoms with E-state index in [-0.39, 0.29) is 0 Å². The van der Waals surface area contributed by atoms with E-state index in [1.165, 1.54) is 7.11 Å². The third kappa shape index (κ3) is 3.36. The van der Waals surface area contributed by atoms with Crippen molar-refractivity contribution >= 4 is 27.7 Å². The molecule has 0 saturated carbocycles. The van der Waals surface area contributed by atoms with Crippen molar-refractivity contribution in [2.45, 2.75) is 0 Å². The molecule has 1 N–H and O–H groups in total. The molecule has 0 aliphatic rings. The van der Waals surface area contributed by atoms with E-state index in [0.29, 0.717) is 17.9 Å². The normalized spacial score (nSPS) is 9.47. The summed E-state index contributed by atoms with van der Waals surface area (Å²) in [5.74, 6) is 0.0794. The van der Waals surface area contributed by atoms with Gasteiger partial charge in [-0.15, -0.1) is 0 Å². The van der Waals surface area contributed by atoms with Crippen LogP contribution in [0.15, 0.2) is 29.4 Å². The zero-order valence-electron chi connectivity index (χ0n) is 8.29. The molecule has 0 aliphatic heterocycles. The zero-order chi connectivity index (χ0) is 11.3. The van der Waals surface area contributed by atoms with Crippen molar-refractivity contribution in [2.24, 2.45) is 0 Å². The van der Waals surface area contributed by atoms with Crippen LogP contribution in [0.3, 0.4) is 0 Å². The van der Waals surface area contributed by atoms with Crippen LogP contribution in [0, 0.1) is 0 Å². The molecule has 0 unspecified atom stereocenters. The van der Waals surface area contributed by atoms with Gasteiger partial charge in [0, 0.05) is 17.2 Å². The number of carbonyl (C=O) groups excluding carboxylic acids is 1. The summed E-state index contributed by atoms with van der Waals surface area (Å²) in [6, 6.07) is 3.33. The second-order valence-electron chi connectivity index (χ2n) is 2.76. The summed E-state index contributed by atoms with van der Waals surface area (Å²) in [6.45, 7) is 4.18. The summed E-state index contributed by atoms with van der Waals surface area (Å²) in [7, 11) is 1.34. The van der Waals surface area contributed by atoms with Gasteiger partial charge in [-0.3, -0.25) is 0 Å². The van der Waals surface area contributed by atoms with E-state index >= 15 is 0 Å². The van der Waals surface area contributed by atoms with E-state index in [9.17, 15) is 4.79 Å². The van der Waals surface area contributed by atoms with E-state index in [1.807, 2.05) is 0 Å². The van der Waals surface area contributed by atoms with Gasteiger partial charge in [-0.05, 0) is 12.1 Å². The highest BCUT2D eigenvalue weighted by Gasteiger charge is 2.11. The van der Waals surface area contributed by atoms with Crippen LogP contribution in [-0.2, 0) is 4.74 Å². The third-order valence-electron chi connectivity index (χ3n) is 1.66. The molecule has 0 spiro atoms. The van der Waals surface area contributed by atoms with Crippen molar-refractivity contribution in [3.63, 3.8) is 0 Å². The SMILES string of the molecule is C=C(Br)CNc1ncccc1C(=O)OC. The number of anilines is 1. The zero-order valence-corrected chi connectivity index (χ0v) is 9.87. The molecule has 1 heterocycles. The Morgan fingerprint density at radius 1 is 1.73 bits per heavy atom. The number of rotatable bonds is 4. The number of methoxy groups -OCH3 is 1. The molecular weight excluding hydrogens is 260 g/mol. The van der Waals surface area contributed by atoms with E-state index in [0.717, 1.165) is 4.48 Å². The molecule has 1 aromatic rings. The molecule has 5 heteroatoms. The number of halogens is 1. The number of nitrogens with one attached hydrogen (secondary N) is 1. The number of aromatic nitrogens is 1. The molecule has 0 atom stereocenters. The maximum Gasteiger partial charge on any atom is 0.341 e. The molecule has 1 rings (SSSR count). The lowest BCUT2D eigenvalue weighted by Crippen LogP contribution is -2.10. The van der Waals surface area contributed by atoms with Crippen LogP contribution >= 0.6 is 15.9 Å². The molecule has 0 radical (unpaired) electrons. The van der Waals surface area contributed by atoms with Gasteiger partial charge in [-0.1, -0.05) is 22.5 Å². The second kappa shape index (κ2) is 5.50. The molecule has 0 aliphatic carbocycles. The van der Waals surface area contributed by atoms with Crippen molar-refractivity contribution in [3.8, 4) is 0 Å². The second-order valence-corrected chi connectivity index (χ2v) is 3.88. The minimum absolute atomic E-state index is 0.411. The van der Waals surface area contributed by atoms with Gasteiger partial charge in [0.05, 0.1) is 7.11 Å². The van der Waals surface area contributed by atoms with Crippen LogP contribution in [0.4, 0.5) is 5.82 Å². The van der Waals surface area contributed by atoms with Gasteiger partial charge in [0.1, 0.15) is 11.4 Å². The lowest BCUT2D eigenvalue weighted by molar-refractivity contribution is 0.0601. The van der Waals surface area contributed by atoms with Gasteiger partial charge in [-0.2, -0.15) is 0 Å². The van der Waals surface area contributed by atoms with Crippen molar-refractivity contribution in [1.29, 1.82) is 0 Å². The predicted molar refractivity (Wildman–Crippen MR) is 62.1 cm³/mol. The number of hydrogen-bond acceptors (Lipinski definition) is 4. The fraction of sp³-hybridized carbons (Fsp3) is 0.200. The average Bonchev–Trinajstić information content (AvgIpc) is 2.25. The number of esters is 1. The fourth-order valence-corrected chi connectivity index (χ4v) is 1.14. The van der Waals surface area contributed by atoms with E-state index in [2.05, 4.69) is 37.5 Å². The van der Waals surface area contributed by atoms with Gasteiger partial charge in [0.2, 0.25) is 0 Å². The summed E-state index contributed by atoms with van der Waals surface area (Å²) in [5, 5.41) is 2.97. The van der Waals surface area contributed by atoms with E-state index in [4.69, 9.17) is 0 Å². The number of carbonyl (C=O) groups is 1. The van der Waals surface area contributed by atoms with Gasteiger partial charge in [0.15, 0.2) is 0 Å². The molecule has 0 fully saturated rings. The Bertz CT molecular complexity index is 379. The van der Waals surface area contributed by atoms with Crippen molar-refractivity contribution < 1.29 is 9.53 Å². The average molecular weight is 271 g/mol. The number of ether oxygens (including phenoxy) is 1. The van der Waals surface area contributed by atoms with Crippen molar-refractivity contribution in [3.05, 3.63) is 35.0 Å². The quantitative estimate of drug-likeness (QED) is 0.853. The first kappa shape index (κ1) is 11.7. The third-order valence-corrected chi connectivity index (χ3v) is 1.94. The summed E-state index contributed by atoms with van der Waals surface area (Å²) in [4.78, 5) is 15.4. The fourth-order valence-electron chi connectivity index (χ4n) is 1.00. The lowest BCUT2D eigenvalue weighted by Gasteiger charge is -2.08. The summed E-state index contributed by atoms with van der Waals surface area (Å²) in [6.07, 6.45) is 1.60. The maximum atomic E-state index is 11.3. The Kier molecular flexibility index (Phi) is 4.30. The maximum absolute atomic E-state index is 11.3. The molecule has 0 saturated heterocycles. The first-order chi connectivity index (χ1) is 7.15. The number of hydrogen-bond donors (Lipinski definition) is 1. The molecule has 0 aromatic carbocycles. The van der Waals surface area contributed by atoms with Crippen molar-refractivity contribution in [2.75, 3.05) is 19.0 Å². The Labute approximate surface area is 96.5 Å². The molecule has 0 bridgehead atoms. The van der Waals surface area contributed by atoms with Gasteiger partial charge in [-0.25, -0.2) is 9.78 Å². The molecule has 80 valence electrons. The van der Waals surface area contributed by atoms with E-state index in [1.54, 1.807) is 18.3 Å². The smallest absolute Gasteiger partial charge is 0.341 e. The number of nitrogens with zero attached hydrogens (tertiary/aromatic N) is 1. The molecule has 1 aromatic heterocycles. The molecular formula is C10H11BrN2O2. The number of pyridine rings is 1. The van der Waals surface area contributed by atoms with Crippen LogP contribution in [0.25, 0.3) is 0 Å². The topological polar surface area (TPSA) is 51.2 Å².